The number of hydrogen-bond acceptors (Lipinski definition) is 0. The molecule has 78 valence electrons. The molecule has 0 aliphatic rings. The number of rotatable bonds is 2. The summed E-state index contributed by atoms with van der Waals surface area (Å²) in [6, 6.07) is 8.45. The molecule has 0 bridgehead atoms. The molecule has 0 spiro atoms. The van der Waals surface area contributed by atoms with Crippen molar-refractivity contribution in [3.63, 3.8) is 0 Å². The standard InChI is InChI=1S/C13H14BrN/c1-10(2)6-8-15-9-7-11-12(14)4-3-5-13(11)15/h3-7,9H,8H2,1-2H3. The van der Waals surface area contributed by atoms with E-state index in [0.29, 0.717) is 0 Å². The van der Waals surface area contributed by atoms with Crippen LogP contribution in [0, 0.1) is 0 Å². The minimum absolute atomic E-state index is 0.947. The largest absolute Gasteiger partial charge is 0.344 e. The first kappa shape index (κ1) is 10.5. The van der Waals surface area contributed by atoms with E-state index < -0.39 is 0 Å². The van der Waals surface area contributed by atoms with Crippen molar-refractivity contribution in [2.75, 3.05) is 0 Å². The average Bonchev–Trinajstić information content (AvgIpc) is 2.59. The highest BCUT2D eigenvalue weighted by molar-refractivity contribution is 9.10. The highest BCUT2D eigenvalue weighted by atomic mass is 79.9. The molecule has 1 heterocycles. The minimum Gasteiger partial charge on any atom is -0.344 e. The molecule has 2 heteroatoms. The van der Waals surface area contributed by atoms with Crippen LogP contribution in [-0.4, -0.2) is 4.57 Å². The second-order valence-corrected chi connectivity index (χ2v) is 4.78. The van der Waals surface area contributed by atoms with E-state index in [9.17, 15) is 0 Å². The maximum absolute atomic E-state index is 3.56. The molecule has 0 amide bonds. The smallest absolute Gasteiger partial charge is 0.0494 e. The van der Waals surface area contributed by atoms with Crippen LogP contribution in [0.15, 0.2) is 46.6 Å². The summed E-state index contributed by atoms with van der Waals surface area (Å²) < 4.78 is 3.42. The molecule has 1 aromatic carbocycles. The van der Waals surface area contributed by atoms with Crippen molar-refractivity contribution in [3.05, 3.63) is 46.6 Å². The van der Waals surface area contributed by atoms with Crippen molar-refractivity contribution in [2.45, 2.75) is 20.4 Å². The second kappa shape index (κ2) is 4.23. The zero-order valence-corrected chi connectivity index (χ0v) is 10.6. The number of allylic oxidation sites excluding steroid dienone is 2. The summed E-state index contributed by atoms with van der Waals surface area (Å²) in [5.74, 6) is 0. The predicted octanol–water partition coefficient (Wildman–Crippen LogP) is 4.37. The first-order chi connectivity index (χ1) is 7.18. The summed E-state index contributed by atoms with van der Waals surface area (Å²) in [5.41, 5.74) is 2.63. The molecule has 15 heavy (non-hydrogen) atoms. The Kier molecular flexibility index (Phi) is 2.96. The quantitative estimate of drug-likeness (QED) is 0.710. The van der Waals surface area contributed by atoms with Crippen molar-refractivity contribution in [1.29, 1.82) is 0 Å². The van der Waals surface area contributed by atoms with Crippen molar-refractivity contribution in [2.24, 2.45) is 0 Å². The van der Waals surface area contributed by atoms with Gasteiger partial charge in [-0.05, 0) is 32.0 Å². The fraction of sp³-hybridized carbons (Fsp3) is 0.231. The van der Waals surface area contributed by atoms with E-state index in [0.717, 1.165) is 11.0 Å². The molecule has 0 atom stereocenters. The molecule has 0 fully saturated rings. The minimum atomic E-state index is 0.947. The fourth-order valence-corrected chi connectivity index (χ4v) is 2.11. The van der Waals surface area contributed by atoms with Crippen LogP contribution in [-0.2, 0) is 6.54 Å². The maximum Gasteiger partial charge on any atom is 0.0494 e. The molecular formula is C13H14BrN. The second-order valence-electron chi connectivity index (χ2n) is 3.92. The van der Waals surface area contributed by atoms with Gasteiger partial charge in [-0.3, -0.25) is 0 Å². The maximum atomic E-state index is 3.56. The third-order valence-corrected chi connectivity index (χ3v) is 3.15. The van der Waals surface area contributed by atoms with Gasteiger partial charge in [-0.2, -0.15) is 0 Å². The van der Waals surface area contributed by atoms with Crippen LogP contribution in [0.5, 0.6) is 0 Å². The topological polar surface area (TPSA) is 4.93 Å². The molecule has 0 aliphatic heterocycles. The molecule has 1 nitrogen and oxygen atoms in total. The van der Waals surface area contributed by atoms with E-state index in [1.54, 1.807) is 0 Å². The molecule has 2 aromatic rings. The molecule has 0 radical (unpaired) electrons. The molecule has 0 saturated carbocycles. The average molecular weight is 264 g/mol. The molecule has 0 aliphatic carbocycles. The lowest BCUT2D eigenvalue weighted by Crippen LogP contribution is -1.92. The lowest BCUT2D eigenvalue weighted by molar-refractivity contribution is 0.856. The Morgan fingerprint density at radius 3 is 2.87 bits per heavy atom. The molecule has 1 aromatic heterocycles. The van der Waals surface area contributed by atoms with Crippen molar-refractivity contribution in [3.8, 4) is 0 Å². The van der Waals surface area contributed by atoms with E-state index in [4.69, 9.17) is 0 Å². The monoisotopic (exact) mass is 263 g/mol. The Bertz CT molecular complexity index is 504. The van der Waals surface area contributed by atoms with Gasteiger partial charge in [0.2, 0.25) is 0 Å². The number of halogens is 1. The number of fused-ring (bicyclic) bond motifs is 1. The van der Waals surface area contributed by atoms with Gasteiger partial charge in [0.1, 0.15) is 0 Å². The Balaban J connectivity index is 2.45. The highest BCUT2D eigenvalue weighted by Gasteiger charge is 2.01. The zero-order valence-electron chi connectivity index (χ0n) is 9.00. The van der Waals surface area contributed by atoms with Gasteiger partial charge in [0, 0.05) is 28.1 Å². The van der Waals surface area contributed by atoms with Crippen molar-refractivity contribution >= 4 is 26.8 Å². The van der Waals surface area contributed by atoms with Gasteiger partial charge in [-0.15, -0.1) is 0 Å². The normalized spacial score (nSPS) is 10.6. The molecule has 0 unspecified atom stereocenters. The van der Waals surface area contributed by atoms with Crippen LogP contribution in [0.3, 0.4) is 0 Å². The summed E-state index contributed by atoms with van der Waals surface area (Å²) in [7, 11) is 0. The third-order valence-electron chi connectivity index (χ3n) is 2.46. The third kappa shape index (κ3) is 2.15. The van der Waals surface area contributed by atoms with Crippen molar-refractivity contribution in [1.82, 2.24) is 4.57 Å². The molecule has 2 rings (SSSR count). The lowest BCUT2D eigenvalue weighted by atomic mass is 10.2. The SMILES string of the molecule is CC(C)=CCn1ccc2c(Br)cccc21. The Labute approximate surface area is 98.5 Å². The van der Waals surface area contributed by atoms with Gasteiger partial charge in [-0.1, -0.05) is 33.6 Å². The summed E-state index contributed by atoms with van der Waals surface area (Å²) >= 11 is 3.56. The fourth-order valence-electron chi connectivity index (χ4n) is 1.63. The Morgan fingerprint density at radius 2 is 2.13 bits per heavy atom. The molecule has 0 N–H and O–H groups in total. The van der Waals surface area contributed by atoms with E-state index in [1.807, 2.05) is 0 Å². The number of nitrogens with zero attached hydrogens (tertiary/aromatic N) is 1. The zero-order chi connectivity index (χ0) is 10.8. The molecular weight excluding hydrogens is 250 g/mol. The van der Waals surface area contributed by atoms with Gasteiger partial charge in [0.25, 0.3) is 0 Å². The summed E-state index contributed by atoms with van der Waals surface area (Å²) in [6.07, 6.45) is 4.37. The van der Waals surface area contributed by atoms with Gasteiger partial charge in [0.05, 0.1) is 0 Å². The predicted molar refractivity (Wildman–Crippen MR) is 69.1 cm³/mol. The van der Waals surface area contributed by atoms with E-state index >= 15 is 0 Å². The van der Waals surface area contributed by atoms with Crippen LogP contribution in [0.1, 0.15) is 13.8 Å². The number of aromatic nitrogens is 1. The van der Waals surface area contributed by atoms with Crippen LogP contribution in [0.25, 0.3) is 10.9 Å². The van der Waals surface area contributed by atoms with Gasteiger partial charge in [-0.25, -0.2) is 0 Å². The van der Waals surface area contributed by atoms with Gasteiger partial charge >= 0.3 is 0 Å². The lowest BCUT2D eigenvalue weighted by Gasteiger charge is -2.02. The first-order valence-electron chi connectivity index (χ1n) is 5.05. The number of hydrogen-bond donors (Lipinski definition) is 0. The van der Waals surface area contributed by atoms with Crippen LogP contribution >= 0.6 is 15.9 Å². The Morgan fingerprint density at radius 1 is 1.33 bits per heavy atom. The van der Waals surface area contributed by atoms with Gasteiger partial charge in [0.15, 0.2) is 0 Å². The van der Waals surface area contributed by atoms with Gasteiger partial charge < -0.3 is 4.57 Å². The Hall–Kier alpha value is -1.02. The summed E-state index contributed by atoms with van der Waals surface area (Å²) in [4.78, 5) is 0. The highest BCUT2D eigenvalue weighted by Crippen LogP contribution is 2.24. The van der Waals surface area contributed by atoms with Crippen molar-refractivity contribution < 1.29 is 0 Å². The summed E-state index contributed by atoms with van der Waals surface area (Å²) in [5, 5.41) is 1.28. The van der Waals surface area contributed by atoms with Crippen LogP contribution < -0.4 is 0 Å². The summed E-state index contributed by atoms with van der Waals surface area (Å²) in [6.45, 7) is 5.20. The van der Waals surface area contributed by atoms with Crippen LogP contribution in [0.2, 0.25) is 0 Å². The van der Waals surface area contributed by atoms with E-state index in [-0.39, 0.29) is 0 Å². The van der Waals surface area contributed by atoms with E-state index in [1.165, 1.54) is 16.5 Å². The number of benzene rings is 1. The molecule has 0 saturated heterocycles. The van der Waals surface area contributed by atoms with Crippen LogP contribution in [0.4, 0.5) is 0 Å². The first-order valence-corrected chi connectivity index (χ1v) is 5.84. The van der Waals surface area contributed by atoms with E-state index in [2.05, 4.69) is 70.9 Å².